The first-order valence-electron chi connectivity index (χ1n) is 4.71. The predicted molar refractivity (Wildman–Crippen MR) is 55.7 cm³/mol. The van der Waals surface area contributed by atoms with Crippen molar-refractivity contribution < 1.29 is 4.79 Å². The largest absolute Gasteiger partial charge is 0.366 e. The molecule has 0 aliphatic carbocycles. The van der Waals surface area contributed by atoms with Gasteiger partial charge in [-0.05, 0) is 6.42 Å². The standard InChI is InChI=1S/C11H12N2O/c14-11(9-4-2-1-3-5-9)10-6-7-12-8-13-10/h1-5,8,10H,6-7H2,(H,12,13). The van der Waals surface area contributed by atoms with E-state index in [0.717, 1.165) is 18.5 Å². The van der Waals surface area contributed by atoms with Crippen LogP contribution in [0.1, 0.15) is 16.8 Å². The molecule has 1 heterocycles. The summed E-state index contributed by atoms with van der Waals surface area (Å²) in [5, 5.41) is 2.98. The van der Waals surface area contributed by atoms with Gasteiger partial charge in [-0.25, -0.2) is 0 Å². The maximum atomic E-state index is 11.9. The Bertz CT molecular complexity index is 346. The smallest absolute Gasteiger partial charge is 0.185 e. The molecule has 0 saturated heterocycles. The minimum absolute atomic E-state index is 0.102. The zero-order chi connectivity index (χ0) is 9.80. The van der Waals surface area contributed by atoms with E-state index in [1.165, 1.54) is 0 Å². The van der Waals surface area contributed by atoms with Gasteiger partial charge >= 0.3 is 0 Å². The van der Waals surface area contributed by atoms with Gasteiger partial charge in [-0.15, -0.1) is 0 Å². The summed E-state index contributed by atoms with van der Waals surface area (Å²) in [4.78, 5) is 15.9. The van der Waals surface area contributed by atoms with E-state index in [4.69, 9.17) is 0 Å². The SMILES string of the molecule is O=C(c1ccccc1)C1CCN=CN1. The lowest BCUT2D eigenvalue weighted by molar-refractivity contribution is 0.0948. The lowest BCUT2D eigenvalue weighted by Gasteiger charge is -2.18. The van der Waals surface area contributed by atoms with Crippen LogP contribution in [0.4, 0.5) is 0 Å². The van der Waals surface area contributed by atoms with Crippen LogP contribution < -0.4 is 5.32 Å². The van der Waals surface area contributed by atoms with Crippen molar-refractivity contribution in [1.29, 1.82) is 0 Å². The first-order chi connectivity index (χ1) is 6.88. The molecule has 3 nitrogen and oxygen atoms in total. The zero-order valence-electron chi connectivity index (χ0n) is 7.81. The highest BCUT2D eigenvalue weighted by atomic mass is 16.1. The van der Waals surface area contributed by atoms with Crippen molar-refractivity contribution in [2.75, 3.05) is 6.54 Å². The number of Topliss-reactive ketones (excluding diaryl/α,β-unsaturated/α-hetero) is 1. The molecular weight excluding hydrogens is 176 g/mol. The zero-order valence-corrected chi connectivity index (χ0v) is 7.81. The molecule has 1 aromatic rings. The van der Waals surface area contributed by atoms with E-state index in [-0.39, 0.29) is 11.8 Å². The average molecular weight is 188 g/mol. The Kier molecular flexibility index (Phi) is 2.58. The van der Waals surface area contributed by atoms with Crippen molar-refractivity contribution in [1.82, 2.24) is 5.32 Å². The summed E-state index contributed by atoms with van der Waals surface area (Å²) in [6.45, 7) is 0.732. The fourth-order valence-electron chi connectivity index (χ4n) is 1.50. The van der Waals surface area contributed by atoms with E-state index in [9.17, 15) is 4.79 Å². The second kappa shape index (κ2) is 4.05. The maximum absolute atomic E-state index is 11.9. The molecule has 1 N–H and O–H groups in total. The van der Waals surface area contributed by atoms with Gasteiger partial charge in [0.2, 0.25) is 0 Å². The van der Waals surface area contributed by atoms with E-state index in [1.807, 2.05) is 30.3 Å². The van der Waals surface area contributed by atoms with Crippen LogP contribution in [0.2, 0.25) is 0 Å². The van der Waals surface area contributed by atoms with E-state index in [2.05, 4.69) is 10.3 Å². The molecule has 1 aliphatic heterocycles. The first-order valence-corrected chi connectivity index (χ1v) is 4.71. The van der Waals surface area contributed by atoms with Crippen LogP contribution >= 0.6 is 0 Å². The molecule has 72 valence electrons. The van der Waals surface area contributed by atoms with Gasteiger partial charge in [0, 0.05) is 12.1 Å². The number of carbonyl (C=O) groups is 1. The van der Waals surface area contributed by atoms with Gasteiger partial charge in [0.15, 0.2) is 5.78 Å². The Balaban J connectivity index is 2.12. The van der Waals surface area contributed by atoms with E-state index >= 15 is 0 Å². The van der Waals surface area contributed by atoms with Crippen LogP contribution in [0, 0.1) is 0 Å². The van der Waals surface area contributed by atoms with Crippen molar-refractivity contribution in [3.8, 4) is 0 Å². The Morgan fingerprint density at radius 3 is 2.79 bits per heavy atom. The van der Waals surface area contributed by atoms with Crippen molar-refractivity contribution in [2.24, 2.45) is 4.99 Å². The maximum Gasteiger partial charge on any atom is 0.185 e. The number of ketones is 1. The summed E-state index contributed by atoms with van der Waals surface area (Å²) in [5.74, 6) is 0.150. The van der Waals surface area contributed by atoms with Crippen molar-refractivity contribution >= 4 is 12.1 Å². The fraction of sp³-hybridized carbons (Fsp3) is 0.273. The molecule has 0 saturated carbocycles. The van der Waals surface area contributed by atoms with Gasteiger partial charge in [0.1, 0.15) is 0 Å². The molecule has 1 aliphatic rings. The fourth-order valence-corrected chi connectivity index (χ4v) is 1.50. The summed E-state index contributed by atoms with van der Waals surface area (Å²) in [6, 6.07) is 9.25. The third kappa shape index (κ3) is 1.82. The van der Waals surface area contributed by atoms with Gasteiger partial charge < -0.3 is 5.32 Å². The van der Waals surface area contributed by atoms with Gasteiger partial charge in [-0.1, -0.05) is 30.3 Å². The molecule has 0 fully saturated rings. The summed E-state index contributed by atoms with van der Waals surface area (Å²) >= 11 is 0. The second-order valence-electron chi connectivity index (χ2n) is 3.27. The number of hydrogen-bond acceptors (Lipinski definition) is 3. The minimum Gasteiger partial charge on any atom is -0.366 e. The van der Waals surface area contributed by atoms with Crippen molar-refractivity contribution in [3.63, 3.8) is 0 Å². The highest BCUT2D eigenvalue weighted by Crippen LogP contribution is 2.07. The number of benzene rings is 1. The van der Waals surface area contributed by atoms with E-state index in [1.54, 1.807) is 6.34 Å². The highest BCUT2D eigenvalue weighted by molar-refractivity contribution is 6.01. The van der Waals surface area contributed by atoms with Crippen molar-refractivity contribution in [2.45, 2.75) is 12.5 Å². The van der Waals surface area contributed by atoms with Crippen LogP contribution in [0.3, 0.4) is 0 Å². The van der Waals surface area contributed by atoms with Crippen LogP contribution in [0.5, 0.6) is 0 Å². The van der Waals surface area contributed by atoms with Gasteiger partial charge in [0.05, 0.1) is 12.4 Å². The highest BCUT2D eigenvalue weighted by Gasteiger charge is 2.19. The molecule has 0 radical (unpaired) electrons. The predicted octanol–water partition coefficient (Wildman–Crippen LogP) is 1.26. The van der Waals surface area contributed by atoms with E-state index in [0.29, 0.717) is 0 Å². The molecular formula is C11H12N2O. The Hall–Kier alpha value is -1.64. The molecule has 1 aromatic carbocycles. The molecule has 1 atom stereocenters. The Labute approximate surface area is 82.9 Å². The monoisotopic (exact) mass is 188 g/mol. The number of nitrogens with one attached hydrogen (secondary N) is 1. The Morgan fingerprint density at radius 2 is 2.14 bits per heavy atom. The van der Waals surface area contributed by atoms with Crippen LogP contribution in [0.25, 0.3) is 0 Å². The average Bonchev–Trinajstić information content (AvgIpc) is 2.30. The number of carbonyl (C=O) groups excluding carboxylic acids is 1. The summed E-state index contributed by atoms with van der Waals surface area (Å²) in [7, 11) is 0. The van der Waals surface area contributed by atoms with E-state index < -0.39 is 0 Å². The summed E-state index contributed by atoms with van der Waals surface area (Å²) in [5.41, 5.74) is 0.764. The lowest BCUT2D eigenvalue weighted by Crippen LogP contribution is -2.39. The number of aliphatic imine (C=N–C) groups is 1. The van der Waals surface area contributed by atoms with Gasteiger partial charge in [-0.2, -0.15) is 0 Å². The summed E-state index contributed by atoms with van der Waals surface area (Å²) in [6.07, 6.45) is 2.40. The van der Waals surface area contributed by atoms with Crippen LogP contribution in [-0.2, 0) is 0 Å². The van der Waals surface area contributed by atoms with Crippen molar-refractivity contribution in [3.05, 3.63) is 35.9 Å². The first kappa shape index (κ1) is 8.94. The normalized spacial score (nSPS) is 20.1. The number of rotatable bonds is 2. The quantitative estimate of drug-likeness (QED) is 0.710. The lowest BCUT2D eigenvalue weighted by atomic mass is 10.0. The number of nitrogens with zero attached hydrogens (tertiary/aromatic N) is 1. The topological polar surface area (TPSA) is 41.5 Å². The van der Waals surface area contributed by atoms with Gasteiger partial charge in [0.25, 0.3) is 0 Å². The third-order valence-corrected chi connectivity index (χ3v) is 2.29. The molecule has 2 rings (SSSR count). The molecule has 3 heteroatoms. The second-order valence-corrected chi connectivity index (χ2v) is 3.27. The Morgan fingerprint density at radius 1 is 1.36 bits per heavy atom. The molecule has 0 amide bonds. The minimum atomic E-state index is -0.102. The van der Waals surface area contributed by atoms with Crippen LogP contribution in [0.15, 0.2) is 35.3 Å². The van der Waals surface area contributed by atoms with Gasteiger partial charge in [-0.3, -0.25) is 9.79 Å². The molecule has 0 bridgehead atoms. The third-order valence-electron chi connectivity index (χ3n) is 2.29. The summed E-state index contributed by atoms with van der Waals surface area (Å²) < 4.78 is 0. The molecule has 1 unspecified atom stereocenters. The van der Waals surface area contributed by atoms with Crippen LogP contribution in [-0.4, -0.2) is 24.7 Å². The molecule has 14 heavy (non-hydrogen) atoms. The number of hydrogen-bond donors (Lipinski definition) is 1. The molecule has 0 aromatic heterocycles. The molecule has 0 spiro atoms.